The van der Waals surface area contributed by atoms with E-state index < -0.39 is 0 Å². The second-order valence-corrected chi connectivity index (χ2v) is 4.19. The number of hydrogen-bond acceptors (Lipinski definition) is 2. The third kappa shape index (κ3) is 2.81. The van der Waals surface area contributed by atoms with Gasteiger partial charge in [-0.25, -0.2) is 0 Å². The molecule has 0 N–H and O–H groups in total. The van der Waals surface area contributed by atoms with Crippen LogP contribution in [0.5, 0.6) is 0 Å². The molecular weight excluding hydrogens is 212 g/mol. The zero-order valence-corrected chi connectivity index (χ0v) is 10.2. The molecule has 3 heteroatoms. The van der Waals surface area contributed by atoms with Crippen molar-refractivity contribution in [1.29, 1.82) is 0 Å². The summed E-state index contributed by atoms with van der Waals surface area (Å²) < 4.78 is 1.80. The maximum Gasteiger partial charge on any atom is 0.165 e. The number of ketones is 1. The molecular formula is C14H16N2O. The molecule has 88 valence electrons. The second-order valence-electron chi connectivity index (χ2n) is 4.19. The van der Waals surface area contributed by atoms with Gasteiger partial charge in [0.05, 0.1) is 18.3 Å². The molecule has 1 heterocycles. The molecule has 2 aromatic rings. The van der Waals surface area contributed by atoms with E-state index in [4.69, 9.17) is 0 Å². The fourth-order valence-electron chi connectivity index (χ4n) is 1.80. The third-order valence-corrected chi connectivity index (χ3v) is 2.70. The van der Waals surface area contributed by atoms with Crippen molar-refractivity contribution >= 4 is 5.78 Å². The molecule has 1 aromatic heterocycles. The molecule has 1 aromatic carbocycles. The van der Waals surface area contributed by atoms with Crippen LogP contribution < -0.4 is 0 Å². The highest BCUT2D eigenvalue weighted by atomic mass is 16.1. The molecule has 0 aliphatic rings. The molecule has 0 saturated carbocycles. The molecule has 0 saturated heterocycles. The maximum atomic E-state index is 11.5. The summed E-state index contributed by atoms with van der Waals surface area (Å²) >= 11 is 0. The van der Waals surface area contributed by atoms with Gasteiger partial charge in [0.2, 0.25) is 0 Å². The number of aromatic nitrogens is 2. The van der Waals surface area contributed by atoms with Gasteiger partial charge in [0.25, 0.3) is 0 Å². The minimum absolute atomic E-state index is 0.139. The van der Waals surface area contributed by atoms with Crippen molar-refractivity contribution in [2.24, 2.45) is 0 Å². The minimum Gasteiger partial charge on any atom is -0.294 e. The lowest BCUT2D eigenvalue weighted by atomic mass is 10.1. The number of carbonyl (C=O) groups is 1. The van der Waals surface area contributed by atoms with Crippen molar-refractivity contribution in [3.05, 3.63) is 53.3 Å². The molecule has 3 nitrogen and oxygen atoms in total. The van der Waals surface area contributed by atoms with Gasteiger partial charge in [-0.2, -0.15) is 5.10 Å². The predicted octanol–water partition coefficient (Wildman–Crippen LogP) is 2.83. The molecule has 17 heavy (non-hydrogen) atoms. The van der Waals surface area contributed by atoms with E-state index in [0.29, 0.717) is 18.5 Å². The van der Waals surface area contributed by atoms with Crippen molar-refractivity contribution in [1.82, 2.24) is 9.78 Å². The Hall–Kier alpha value is -1.90. The average molecular weight is 228 g/mol. The number of hydrogen-bond donors (Lipinski definition) is 0. The molecule has 0 atom stereocenters. The van der Waals surface area contributed by atoms with Gasteiger partial charge >= 0.3 is 0 Å². The highest BCUT2D eigenvalue weighted by Gasteiger charge is 2.06. The Kier molecular flexibility index (Phi) is 3.38. The van der Waals surface area contributed by atoms with Crippen molar-refractivity contribution in [3.63, 3.8) is 0 Å². The van der Waals surface area contributed by atoms with E-state index in [1.54, 1.807) is 10.9 Å². The van der Waals surface area contributed by atoms with Gasteiger partial charge in [-0.1, -0.05) is 36.8 Å². The van der Waals surface area contributed by atoms with Gasteiger partial charge < -0.3 is 0 Å². The Morgan fingerprint density at radius 2 is 2.24 bits per heavy atom. The van der Waals surface area contributed by atoms with Crippen LogP contribution >= 0.6 is 0 Å². The van der Waals surface area contributed by atoms with Crippen LogP contribution in [0.1, 0.15) is 34.8 Å². The fourth-order valence-corrected chi connectivity index (χ4v) is 1.80. The average Bonchev–Trinajstić information content (AvgIpc) is 2.76. The number of carbonyl (C=O) groups excluding carboxylic acids is 1. The molecule has 2 rings (SSSR count). The second kappa shape index (κ2) is 4.95. The summed E-state index contributed by atoms with van der Waals surface area (Å²) in [6, 6.07) is 8.30. The molecule has 0 bridgehead atoms. The highest BCUT2D eigenvalue weighted by Crippen LogP contribution is 2.08. The minimum atomic E-state index is 0.139. The molecule has 0 aliphatic heterocycles. The van der Waals surface area contributed by atoms with E-state index in [1.807, 2.05) is 19.2 Å². The third-order valence-electron chi connectivity index (χ3n) is 2.70. The SMILES string of the molecule is CCC(=O)c1cnn(Cc2cccc(C)c2)c1. The normalized spacial score (nSPS) is 10.5. The number of Topliss-reactive ketones (excluding diaryl/α,β-unsaturated/α-hetero) is 1. The molecule has 0 aliphatic carbocycles. The molecule has 0 unspecified atom stereocenters. The van der Waals surface area contributed by atoms with Crippen LogP contribution in [-0.4, -0.2) is 15.6 Å². The Morgan fingerprint density at radius 1 is 1.41 bits per heavy atom. The summed E-state index contributed by atoms with van der Waals surface area (Å²) in [6.45, 7) is 4.64. The van der Waals surface area contributed by atoms with E-state index in [2.05, 4.69) is 30.2 Å². The molecule has 0 amide bonds. The Labute approximate surface area is 101 Å². The zero-order chi connectivity index (χ0) is 12.3. The van der Waals surface area contributed by atoms with Gasteiger partial charge in [0.15, 0.2) is 5.78 Å². The summed E-state index contributed by atoms with van der Waals surface area (Å²) in [5.74, 6) is 0.139. The van der Waals surface area contributed by atoms with Crippen molar-refractivity contribution in [2.75, 3.05) is 0 Å². The van der Waals surface area contributed by atoms with E-state index in [0.717, 1.165) is 0 Å². The van der Waals surface area contributed by atoms with Crippen LogP contribution in [-0.2, 0) is 6.54 Å². The first kappa shape index (κ1) is 11.6. The standard InChI is InChI=1S/C14H16N2O/c1-3-14(17)13-8-15-16(10-13)9-12-6-4-5-11(2)7-12/h4-8,10H,3,9H2,1-2H3. The first-order valence-corrected chi connectivity index (χ1v) is 5.80. The van der Waals surface area contributed by atoms with E-state index in [1.165, 1.54) is 11.1 Å². The maximum absolute atomic E-state index is 11.5. The fraction of sp³-hybridized carbons (Fsp3) is 0.286. The summed E-state index contributed by atoms with van der Waals surface area (Å²) in [6.07, 6.45) is 3.98. The monoisotopic (exact) mass is 228 g/mol. The van der Waals surface area contributed by atoms with Crippen LogP contribution in [0.3, 0.4) is 0 Å². The van der Waals surface area contributed by atoms with Crippen LogP contribution in [0.25, 0.3) is 0 Å². The van der Waals surface area contributed by atoms with Gasteiger partial charge in [-0.15, -0.1) is 0 Å². The Balaban J connectivity index is 2.14. The predicted molar refractivity (Wildman–Crippen MR) is 67.1 cm³/mol. The highest BCUT2D eigenvalue weighted by molar-refractivity contribution is 5.95. The topological polar surface area (TPSA) is 34.9 Å². The lowest BCUT2D eigenvalue weighted by molar-refractivity contribution is 0.0988. The molecule has 0 fully saturated rings. The van der Waals surface area contributed by atoms with Gasteiger partial charge in [0, 0.05) is 12.6 Å². The smallest absolute Gasteiger partial charge is 0.165 e. The van der Waals surface area contributed by atoms with Crippen LogP contribution in [0.15, 0.2) is 36.7 Å². The number of nitrogens with zero attached hydrogens (tertiary/aromatic N) is 2. The number of aryl methyl sites for hydroxylation is 1. The van der Waals surface area contributed by atoms with Crippen LogP contribution in [0.2, 0.25) is 0 Å². The van der Waals surface area contributed by atoms with E-state index in [-0.39, 0.29) is 5.78 Å². The first-order valence-electron chi connectivity index (χ1n) is 5.80. The van der Waals surface area contributed by atoms with Crippen molar-refractivity contribution in [3.8, 4) is 0 Å². The van der Waals surface area contributed by atoms with Crippen LogP contribution in [0.4, 0.5) is 0 Å². The lowest BCUT2D eigenvalue weighted by Gasteiger charge is -2.02. The molecule has 0 radical (unpaired) electrons. The molecule has 0 spiro atoms. The number of benzene rings is 1. The van der Waals surface area contributed by atoms with Gasteiger partial charge in [0.1, 0.15) is 0 Å². The van der Waals surface area contributed by atoms with Crippen molar-refractivity contribution in [2.45, 2.75) is 26.8 Å². The van der Waals surface area contributed by atoms with Gasteiger partial charge in [-0.05, 0) is 12.5 Å². The van der Waals surface area contributed by atoms with Crippen LogP contribution in [0, 0.1) is 6.92 Å². The largest absolute Gasteiger partial charge is 0.294 e. The summed E-state index contributed by atoms with van der Waals surface area (Å²) in [5, 5.41) is 4.21. The van der Waals surface area contributed by atoms with Crippen molar-refractivity contribution < 1.29 is 4.79 Å². The number of rotatable bonds is 4. The first-order chi connectivity index (χ1) is 8.19. The van der Waals surface area contributed by atoms with E-state index in [9.17, 15) is 4.79 Å². The quantitative estimate of drug-likeness (QED) is 0.754. The summed E-state index contributed by atoms with van der Waals surface area (Å²) in [7, 11) is 0. The lowest BCUT2D eigenvalue weighted by Crippen LogP contribution is -2.00. The Bertz CT molecular complexity index is 529. The van der Waals surface area contributed by atoms with E-state index >= 15 is 0 Å². The van der Waals surface area contributed by atoms with Gasteiger partial charge in [-0.3, -0.25) is 9.48 Å². The zero-order valence-electron chi connectivity index (χ0n) is 10.2. The Morgan fingerprint density at radius 3 is 2.94 bits per heavy atom. The summed E-state index contributed by atoms with van der Waals surface area (Å²) in [4.78, 5) is 11.5. The summed E-state index contributed by atoms with van der Waals surface area (Å²) in [5.41, 5.74) is 3.13.